The molecule has 1 amide bonds. The Morgan fingerprint density at radius 3 is 2.81 bits per heavy atom. The van der Waals surface area contributed by atoms with E-state index in [1.54, 1.807) is 12.5 Å². The van der Waals surface area contributed by atoms with Gasteiger partial charge in [-0.3, -0.25) is 14.4 Å². The molecular weight excluding hydrogens is 334 g/mol. The molecule has 8 nitrogen and oxygen atoms in total. The number of amides is 1. The molecule has 0 aliphatic carbocycles. The fourth-order valence-electron chi connectivity index (χ4n) is 3.90. The van der Waals surface area contributed by atoms with Crippen molar-refractivity contribution in [3.05, 3.63) is 36.0 Å². The molecule has 2 saturated heterocycles. The van der Waals surface area contributed by atoms with E-state index < -0.39 is 0 Å². The van der Waals surface area contributed by atoms with Gasteiger partial charge in [0.25, 0.3) is 0 Å². The van der Waals surface area contributed by atoms with Gasteiger partial charge in [-0.25, -0.2) is 0 Å². The first kappa shape index (κ1) is 17.2. The van der Waals surface area contributed by atoms with Crippen LogP contribution in [0, 0.1) is 5.92 Å². The largest absolute Gasteiger partial charge is 0.371 e. The van der Waals surface area contributed by atoms with Crippen LogP contribution in [0.25, 0.3) is 0 Å². The Balaban J connectivity index is 1.38. The highest BCUT2D eigenvalue weighted by Gasteiger charge is 2.37. The van der Waals surface area contributed by atoms with Crippen LogP contribution in [0.5, 0.6) is 0 Å². The molecule has 0 bridgehead atoms. The molecule has 2 fully saturated rings. The monoisotopic (exact) mass is 359 g/mol. The zero-order valence-corrected chi connectivity index (χ0v) is 15.1. The predicted octanol–water partition coefficient (Wildman–Crippen LogP) is 1.22. The molecule has 2 aliphatic rings. The molecule has 140 valence electrons. The normalized spacial score (nSPS) is 24.7. The van der Waals surface area contributed by atoms with Crippen molar-refractivity contribution in [2.75, 3.05) is 32.8 Å². The lowest BCUT2D eigenvalue weighted by Gasteiger charge is -2.39. The third-order valence-electron chi connectivity index (χ3n) is 5.35. The molecule has 0 aromatic carbocycles. The summed E-state index contributed by atoms with van der Waals surface area (Å²) in [4.78, 5) is 17.5. The van der Waals surface area contributed by atoms with Gasteiger partial charge >= 0.3 is 0 Å². The molecule has 4 rings (SSSR count). The zero-order valence-electron chi connectivity index (χ0n) is 15.1. The van der Waals surface area contributed by atoms with Crippen molar-refractivity contribution in [1.29, 1.82) is 0 Å². The van der Waals surface area contributed by atoms with Gasteiger partial charge in [-0.05, 0) is 18.9 Å². The van der Waals surface area contributed by atoms with Crippen molar-refractivity contribution in [3.8, 4) is 0 Å². The highest BCUT2D eigenvalue weighted by Crippen LogP contribution is 2.34. The smallest absolute Gasteiger partial charge is 0.228 e. The van der Waals surface area contributed by atoms with Gasteiger partial charge in [-0.2, -0.15) is 5.10 Å². The maximum atomic E-state index is 13.2. The highest BCUT2D eigenvalue weighted by molar-refractivity contribution is 5.79. The topological polar surface area (TPSA) is 76.6 Å². The van der Waals surface area contributed by atoms with Crippen LogP contribution in [-0.2, 0) is 23.1 Å². The first-order chi connectivity index (χ1) is 12.7. The summed E-state index contributed by atoms with van der Waals surface area (Å²) in [7, 11) is 1.90. The molecule has 0 spiro atoms. The summed E-state index contributed by atoms with van der Waals surface area (Å²) in [6, 6.07) is 3.83. The van der Waals surface area contributed by atoms with Gasteiger partial charge in [0.1, 0.15) is 12.4 Å². The fraction of sp³-hybridized carbons (Fsp3) is 0.611. The van der Waals surface area contributed by atoms with Gasteiger partial charge < -0.3 is 14.2 Å². The van der Waals surface area contributed by atoms with E-state index >= 15 is 0 Å². The van der Waals surface area contributed by atoms with Crippen molar-refractivity contribution >= 4 is 5.91 Å². The van der Waals surface area contributed by atoms with Gasteiger partial charge in [0.2, 0.25) is 5.91 Å². The number of nitrogens with zero attached hydrogens (tertiary/aromatic N) is 5. The van der Waals surface area contributed by atoms with Gasteiger partial charge in [-0.15, -0.1) is 0 Å². The molecule has 0 N–H and O–H groups in total. The lowest BCUT2D eigenvalue weighted by molar-refractivity contribution is -0.147. The zero-order chi connectivity index (χ0) is 17.9. The number of aromatic nitrogens is 3. The summed E-state index contributed by atoms with van der Waals surface area (Å²) >= 11 is 0. The van der Waals surface area contributed by atoms with E-state index in [9.17, 15) is 4.79 Å². The summed E-state index contributed by atoms with van der Waals surface area (Å²) in [6.45, 7) is 4.65. The summed E-state index contributed by atoms with van der Waals surface area (Å²) in [5.74, 6) is 0.0817. The van der Waals surface area contributed by atoms with Crippen molar-refractivity contribution < 1.29 is 14.1 Å². The van der Waals surface area contributed by atoms with Crippen molar-refractivity contribution in [2.24, 2.45) is 13.0 Å². The van der Waals surface area contributed by atoms with Gasteiger partial charge in [0.05, 0.1) is 17.3 Å². The van der Waals surface area contributed by atoms with Crippen LogP contribution in [0.15, 0.2) is 29.1 Å². The Morgan fingerprint density at radius 1 is 1.27 bits per heavy atom. The third kappa shape index (κ3) is 3.52. The number of carbonyl (C=O) groups excluding carboxylic acids is 1. The Kier molecular flexibility index (Phi) is 5.03. The lowest BCUT2D eigenvalue weighted by Crippen LogP contribution is -2.51. The van der Waals surface area contributed by atoms with Crippen LogP contribution in [0.4, 0.5) is 0 Å². The minimum Gasteiger partial charge on any atom is -0.371 e. The van der Waals surface area contributed by atoms with E-state index in [0.717, 1.165) is 57.0 Å². The van der Waals surface area contributed by atoms with Crippen LogP contribution >= 0.6 is 0 Å². The second kappa shape index (κ2) is 7.59. The Bertz CT molecular complexity index is 721. The van der Waals surface area contributed by atoms with Crippen LogP contribution < -0.4 is 0 Å². The highest BCUT2D eigenvalue weighted by atomic mass is 16.5. The fourth-order valence-corrected chi connectivity index (χ4v) is 3.90. The van der Waals surface area contributed by atoms with Gasteiger partial charge in [0, 0.05) is 58.6 Å². The second-order valence-corrected chi connectivity index (χ2v) is 7.01. The van der Waals surface area contributed by atoms with Crippen LogP contribution in [0.1, 0.15) is 30.3 Å². The molecule has 0 unspecified atom stereocenters. The quantitative estimate of drug-likeness (QED) is 0.817. The number of ether oxygens (including phenoxy) is 1. The minimum absolute atomic E-state index is 0.124. The Labute approximate surface area is 152 Å². The molecular formula is C18H25N5O3. The van der Waals surface area contributed by atoms with E-state index in [2.05, 4.69) is 15.2 Å². The molecule has 2 aromatic rings. The molecule has 26 heavy (non-hydrogen) atoms. The van der Waals surface area contributed by atoms with Crippen LogP contribution in [0.2, 0.25) is 0 Å². The number of hydrogen-bond donors (Lipinski definition) is 0. The van der Waals surface area contributed by atoms with E-state index in [-0.39, 0.29) is 17.9 Å². The molecule has 2 atom stereocenters. The van der Waals surface area contributed by atoms with E-state index in [1.165, 1.54) is 0 Å². The number of hydrogen-bond acceptors (Lipinski definition) is 6. The van der Waals surface area contributed by atoms with Crippen LogP contribution in [-0.4, -0.2) is 63.4 Å². The maximum Gasteiger partial charge on any atom is 0.228 e. The van der Waals surface area contributed by atoms with Gasteiger partial charge in [-0.1, -0.05) is 5.16 Å². The van der Waals surface area contributed by atoms with E-state index in [1.807, 2.05) is 28.8 Å². The standard InChI is InChI=1S/C18H25N5O3/c1-21-16(4-6-19-21)17-15(3-2-11-25-17)18(24)23-9-7-22(8-10-23)13-14-5-12-26-20-14/h4-6,12,15,17H,2-3,7-11,13H2,1H3/t15-,17-/m1/s1. The predicted molar refractivity (Wildman–Crippen MR) is 93.0 cm³/mol. The summed E-state index contributed by atoms with van der Waals surface area (Å²) in [5.41, 5.74) is 1.91. The molecule has 2 aromatic heterocycles. The lowest BCUT2D eigenvalue weighted by atomic mass is 9.90. The summed E-state index contributed by atoms with van der Waals surface area (Å²) in [5, 5.41) is 8.20. The van der Waals surface area contributed by atoms with Crippen molar-refractivity contribution in [3.63, 3.8) is 0 Å². The molecule has 4 heterocycles. The van der Waals surface area contributed by atoms with Crippen molar-refractivity contribution in [2.45, 2.75) is 25.5 Å². The Hall–Kier alpha value is -2.19. The van der Waals surface area contributed by atoms with Crippen LogP contribution in [0.3, 0.4) is 0 Å². The number of aryl methyl sites for hydroxylation is 1. The van der Waals surface area contributed by atoms with Crippen molar-refractivity contribution in [1.82, 2.24) is 24.7 Å². The number of carbonyl (C=O) groups is 1. The average molecular weight is 359 g/mol. The summed E-state index contributed by atoms with van der Waals surface area (Å²) < 4.78 is 12.7. The van der Waals surface area contributed by atoms with Gasteiger partial charge in [0.15, 0.2) is 0 Å². The Morgan fingerprint density at radius 2 is 2.12 bits per heavy atom. The molecule has 0 saturated carbocycles. The molecule has 0 radical (unpaired) electrons. The van der Waals surface area contributed by atoms with E-state index in [4.69, 9.17) is 9.26 Å². The molecule has 8 heteroatoms. The molecule has 2 aliphatic heterocycles. The average Bonchev–Trinajstić information content (AvgIpc) is 3.33. The minimum atomic E-state index is -0.197. The SMILES string of the molecule is Cn1nccc1[C@@H]1OCCC[C@H]1C(=O)N1CCN(Cc2ccon2)CC1. The first-order valence-corrected chi connectivity index (χ1v) is 9.22. The summed E-state index contributed by atoms with van der Waals surface area (Å²) in [6.07, 6.45) is 4.95. The van der Waals surface area contributed by atoms with E-state index in [0.29, 0.717) is 6.61 Å². The number of rotatable bonds is 4. The second-order valence-electron chi connectivity index (χ2n) is 7.01. The third-order valence-corrected chi connectivity index (χ3v) is 5.35. The maximum absolute atomic E-state index is 13.2. The first-order valence-electron chi connectivity index (χ1n) is 9.22. The number of piperazine rings is 1.